The largest absolute Gasteiger partial charge is 0.481 e. The molecular formula is C23H19N3O3. The maximum Gasteiger partial charge on any atom is 0.265 e. The Kier molecular flexibility index (Phi) is 5.33. The van der Waals surface area contributed by atoms with Gasteiger partial charge in [-0.2, -0.15) is 0 Å². The molecule has 1 aromatic heterocycles. The molecule has 29 heavy (non-hydrogen) atoms. The molecule has 4 rings (SSSR count). The minimum Gasteiger partial charge on any atom is -0.481 e. The molecule has 3 aromatic carbocycles. The van der Waals surface area contributed by atoms with Crippen molar-refractivity contribution in [2.75, 3.05) is 5.32 Å². The average molecular weight is 385 g/mol. The Morgan fingerprint density at radius 3 is 2.21 bits per heavy atom. The van der Waals surface area contributed by atoms with Crippen molar-refractivity contribution in [3.63, 3.8) is 0 Å². The van der Waals surface area contributed by atoms with Crippen LogP contribution in [0, 0.1) is 0 Å². The molecular weight excluding hydrogens is 366 g/mol. The number of nitrogens with zero attached hydrogens (tertiary/aromatic N) is 2. The number of carbonyl (C=O) groups excluding carboxylic acids is 1. The van der Waals surface area contributed by atoms with Crippen molar-refractivity contribution in [1.29, 1.82) is 0 Å². The first-order valence-electron chi connectivity index (χ1n) is 9.21. The molecule has 144 valence electrons. The van der Waals surface area contributed by atoms with Crippen LogP contribution in [0.15, 0.2) is 89.3 Å². The topological polar surface area (TPSA) is 77.2 Å². The van der Waals surface area contributed by atoms with Gasteiger partial charge in [0.25, 0.3) is 5.91 Å². The van der Waals surface area contributed by atoms with E-state index >= 15 is 0 Å². The zero-order chi connectivity index (χ0) is 20.1. The Labute approximate surface area is 168 Å². The summed E-state index contributed by atoms with van der Waals surface area (Å²) in [5, 5.41) is 11.1. The number of aromatic nitrogens is 2. The third-order valence-electron chi connectivity index (χ3n) is 4.25. The van der Waals surface area contributed by atoms with Crippen LogP contribution in [0.5, 0.6) is 5.75 Å². The lowest BCUT2D eigenvalue weighted by molar-refractivity contribution is -0.122. The summed E-state index contributed by atoms with van der Waals surface area (Å²) in [5.74, 6) is 1.22. The SMILES string of the molecule is CC(Oc1ccccc1)C(=O)Nc1cccc(-c2nnc(-c3ccccc3)o2)c1. The maximum atomic E-state index is 12.5. The summed E-state index contributed by atoms with van der Waals surface area (Å²) in [5.41, 5.74) is 2.19. The Hall–Kier alpha value is -3.93. The first kappa shape index (κ1) is 18.4. The molecule has 1 atom stereocenters. The smallest absolute Gasteiger partial charge is 0.265 e. The van der Waals surface area contributed by atoms with Crippen LogP contribution >= 0.6 is 0 Å². The molecule has 1 N–H and O–H groups in total. The van der Waals surface area contributed by atoms with E-state index in [2.05, 4.69) is 15.5 Å². The maximum absolute atomic E-state index is 12.5. The molecule has 0 fully saturated rings. The summed E-state index contributed by atoms with van der Waals surface area (Å²) in [7, 11) is 0. The molecule has 0 aliphatic carbocycles. The number of hydrogen-bond acceptors (Lipinski definition) is 5. The van der Waals surface area contributed by atoms with E-state index in [1.807, 2.05) is 72.8 Å². The van der Waals surface area contributed by atoms with E-state index in [0.29, 0.717) is 28.8 Å². The van der Waals surface area contributed by atoms with Crippen molar-refractivity contribution in [3.8, 4) is 28.7 Å². The van der Waals surface area contributed by atoms with Crippen LogP contribution in [-0.2, 0) is 4.79 Å². The number of rotatable bonds is 6. The van der Waals surface area contributed by atoms with Gasteiger partial charge < -0.3 is 14.5 Å². The van der Waals surface area contributed by atoms with Gasteiger partial charge in [-0.15, -0.1) is 10.2 Å². The molecule has 1 unspecified atom stereocenters. The number of nitrogens with one attached hydrogen (secondary N) is 1. The molecule has 4 aromatic rings. The lowest BCUT2D eigenvalue weighted by Gasteiger charge is -2.14. The van der Waals surface area contributed by atoms with Crippen molar-refractivity contribution in [2.45, 2.75) is 13.0 Å². The Morgan fingerprint density at radius 2 is 1.48 bits per heavy atom. The van der Waals surface area contributed by atoms with Gasteiger partial charge in [0.2, 0.25) is 11.8 Å². The van der Waals surface area contributed by atoms with Crippen molar-refractivity contribution < 1.29 is 13.9 Å². The Balaban J connectivity index is 1.46. The predicted octanol–water partition coefficient (Wildman–Crippen LogP) is 4.81. The first-order valence-corrected chi connectivity index (χ1v) is 9.21. The highest BCUT2D eigenvalue weighted by Crippen LogP contribution is 2.25. The second-order valence-electron chi connectivity index (χ2n) is 6.42. The summed E-state index contributed by atoms with van der Waals surface area (Å²) >= 11 is 0. The monoisotopic (exact) mass is 385 g/mol. The molecule has 1 heterocycles. The van der Waals surface area contributed by atoms with E-state index in [1.165, 1.54) is 0 Å². The van der Waals surface area contributed by atoms with Crippen molar-refractivity contribution >= 4 is 11.6 Å². The molecule has 0 aliphatic heterocycles. The van der Waals surface area contributed by atoms with Crippen molar-refractivity contribution in [3.05, 3.63) is 84.9 Å². The second-order valence-corrected chi connectivity index (χ2v) is 6.42. The van der Waals surface area contributed by atoms with Gasteiger partial charge in [0.15, 0.2) is 6.10 Å². The lowest BCUT2D eigenvalue weighted by Crippen LogP contribution is -2.30. The molecule has 6 nitrogen and oxygen atoms in total. The zero-order valence-corrected chi connectivity index (χ0v) is 15.8. The molecule has 0 aliphatic rings. The molecule has 0 bridgehead atoms. The normalized spacial score (nSPS) is 11.6. The standard InChI is InChI=1S/C23H19N3O3/c1-16(28-20-13-6-3-7-14-20)21(27)24-19-12-8-11-18(15-19)23-26-25-22(29-23)17-9-4-2-5-10-17/h2-16H,1H3,(H,24,27). The molecule has 0 radical (unpaired) electrons. The van der Waals surface area contributed by atoms with Gasteiger partial charge in [-0.25, -0.2) is 0 Å². The fourth-order valence-corrected chi connectivity index (χ4v) is 2.77. The molecule has 0 spiro atoms. The predicted molar refractivity (Wildman–Crippen MR) is 110 cm³/mol. The number of benzene rings is 3. The van der Waals surface area contributed by atoms with E-state index in [1.54, 1.807) is 19.1 Å². The second kappa shape index (κ2) is 8.39. The number of amides is 1. The van der Waals surface area contributed by atoms with Gasteiger partial charge in [0.05, 0.1) is 0 Å². The van der Waals surface area contributed by atoms with E-state index in [0.717, 1.165) is 5.56 Å². The molecule has 0 saturated carbocycles. The summed E-state index contributed by atoms with van der Waals surface area (Å²) in [4.78, 5) is 12.5. The number of ether oxygens (including phenoxy) is 1. The average Bonchev–Trinajstić information content (AvgIpc) is 3.26. The number of hydrogen-bond donors (Lipinski definition) is 1. The van der Waals surface area contributed by atoms with Gasteiger partial charge in [-0.05, 0) is 49.4 Å². The van der Waals surface area contributed by atoms with Crippen LogP contribution in [0.4, 0.5) is 5.69 Å². The number of para-hydroxylation sites is 1. The number of carbonyl (C=O) groups is 1. The molecule has 0 saturated heterocycles. The lowest BCUT2D eigenvalue weighted by atomic mass is 10.2. The van der Waals surface area contributed by atoms with E-state index in [-0.39, 0.29) is 5.91 Å². The van der Waals surface area contributed by atoms with Crippen LogP contribution in [0.3, 0.4) is 0 Å². The van der Waals surface area contributed by atoms with Crippen LogP contribution < -0.4 is 10.1 Å². The fraction of sp³-hybridized carbons (Fsp3) is 0.0870. The van der Waals surface area contributed by atoms with Crippen molar-refractivity contribution in [2.24, 2.45) is 0 Å². The number of anilines is 1. The summed E-state index contributed by atoms with van der Waals surface area (Å²) in [6, 6.07) is 26.0. The van der Waals surface area contributed by atoms with Gasteiger partial charge >= 0.3 is 0 Å². The zero-order valence-electron chi connectivity index (χ0n) is 15.8. The third-order valence-corrected chi connectivity index (χ3v) is 4.25. The molecule has 1 amide bonds. The Morgan fingerprint density at radius 1 is 0.862 bits per heavy atom. The third kappa shape index (κ3) is 4.50. The van der Waals surface area contributed by atoms with E-state index < -0.39 is 6.10 Å². The summed E-state index contributed by atoms with van der Waals surface area (Å²) in [6.07, 6.45) is -0.644. The highest BCUT2D eigenvalue weighted by atomic mass is 16.5. The van der Waals surface area contributed by atoms with Crippen LogP contribution in [0.2, 0.25) is 0 Å². The fourth-order valence-electron chi connectivity index (χ4n) is 2.77. The van der Waals surface area contributed by atoms with Crippen molar-refractivity contribution in [1.82, 2.24) is 10.2 Å². The van der Waals surface area contributed by atoms with Gasteiger partial charge in [0, 0.05) is 16.8 Å². The summed E-state index contributed by atoms with van der Waals surface area (Å²) < 4.78 is 11.4. The van der Waals surface area contributed by atoms with Gasteiger partial charge in [-0.1, -0.05) is 42.5 Å². The summed E-state index contributed by atoms with van der Waals surface area (Å²) in [6.45, 7) is 1.70. The quantitative estimate of drug-likeness (QED) is 0.515. The molecule has 6 heteroatoms. The van der Waals surface area contributed by atoms with Gasteiger partial charge in [0.1, 0.15) is 5.75 Å². The first-order chi connectivity index (χ1) is 14.2. The highest BCUT2D eigenvalue weighted by Gasteiger charge is 2.16. The van der Waals surface area contributed by atoms with Crippen LogP contribution in [0.1, 0.15) is 6.92 Å². The van der Waals surface area contributed by atoms with Gasteiger partial charge in [-0.3, -0.25) is 4.79 Å². The van der Waals surface area contributed by atoms with E-state index in [9.17, 15) is 4.79 Å². The minimum atomic E-state index is -0.644. The Bertz CT molecular complexity index is 1090. The highest BCUT2D eigenvalue weighted by molar-refractivity contribution is 5.94. The van der Waals surface area contributed by atoms with E-state index in [4.69, 9.17) is 9.15 Å². The minimum absolute atomic E-state index is 0.249. The van der Waals surface area contributed by atoms with Crippen LogP contribution in [-0.4, -0.2) is 22.2 Å². The van der Waals surface area contributed by atoms with Crippen LogP contribution in [0.25, 0.3) is 22.9 Å².